The number of likely N-dealkylation sites (tertiary alicyclic amines) is 1. The number of nitrogens with one attached hydrogen (secondary N) is 2. The summed E-state index contributed by atoms with van der Waals surface area (Å²) in [5.41, 5.74) is 2.24. The van der Waals surface area contributed by atoms with Gasteiger partial charge in [-0.25, -0.2) is 0 Å². The fourth-order valence-electron chi connectivity index (χ4n) is 4.60. The first-order valence-electron chi connectivity index (χ1n) is 9.14. The molecule has 0 bridgehead atoms. The molecule has 1 aromatic rings. The summed E-state index contributed by atoms with van der Waals surface area (Å²) < 4.78 is 0. The highest BCUT2D eigenvalue weighted by molar-refractivity contribution is 6.03. The normalized spacial score (nSPS) is 27.0. The van der Waals surface area contributed by atoms with Crippen molar-refractivity contribution in [3.05, 3.63) is 29.8 Å². The second kappa shape index (κ2) is 6.62. The Balaban J connectivity index is 1.35. The van der Waals surface area contributed by atoms with Crippen LogP contribution in [0.25, 0.3) is 0 Å². The van der Waals surface area contributed by atoms with Crippen LogP contribution in [0.1, 0.15) is 37.2 Å². The number of rotatable bonds is 3. The number of para-hydroxylation sites is 1. The Labute approximate surface area is 138 Å². The van der Waals surface area contributed by atoms with E-state index < -0.39 is 0 Å². The maximum absolute atomic E-state index is 12.4. The van der Waals surface area contributed by atoms with Crippen molar-refractivity contribution in [3.63, 3.8) is 0 Å². The van der Waals surface area contributed by atoms with E-state index in [1.54, 1.807) is 0 Å². The molecule has 1 unspecified atom stereocenters. The molecule has 124 valence electrons. The summed E-state index contributed by atoms with van der Waals surface area (Å²) in [5.74, 6) is 1.65. The topological polar surface area (TPSA) is 44.4 Å². The van der Waals surface area contributed by atoms with Crippen molar-refractivity contribution in [1.82, 2.24) is 10.2 Å². The maximum atomic E-state index is 12.4. The minimum absolute atomic E-state index is 0.0761. The number of amides is 1. The minimum Gasteiger partial charge on any atom is -0.325 e. The van der Waals surface area contributed by atoms with E-state index in [-0.39, 0.29) is 11.8 Å². The van der Waals surface area contributed by atoms with Gasteiger partial charge in [0.1, 0.15) is 0 Å². The van der Waals surface area contributed by atoms with Gasteiger partial charge in [-0.1, -0.05) is 18.2 Å². The highest BCUT2D eigenvalue weighted by atomic mass is 16.2. The molecule has 3 aliphatic heterocycles. The third-order valence-corrected chi connectivity index (χ3v) is 5.91. The van der Waals surface area contributed by atoms with Crippen molar-refractivity contribution in [3.8, 4) is 0 Å². The second-order valence-corrected chi connectivity index (χ2v) is 7.39. The Morgan fingerprint density at radius 1 is 1.04 bits per heavy atom. The van der Waals surface area contributed by atoms with Gasteiger partial charge < -0.3 is 15.5 Å². The number of carbonyl (C=O) groups excluding carboxylic acids is 1. The third kappa shape index (κ3) is 3.15. The summed E-state index contributed by atoms with van der Waals surface area (Å²) >= 11 is 0. The number of piperidine rings is 2. The van der Waals surface area contributed by atoms with E-state index in [0.29, 0.717) is 5.92 Å². The lowest BCUT2D eigenvalue weighted by Gasteiger charge is -2.37. The van der Waals surface area contributed by atoms with Crippen molar-refractivity contribution >= 4 is 11.6 Å². The highest BCUT2D eigenvalue weighted by Gasteiger charge is 2.38. The van der Waals surface area contributed by atoms with Crippen LogP contribution in [0.2, 0.25) is 0 Å². The van der Waals surface area contributed by atoms with Crippen molar-refractivity contribution in [2.75, 3.05) is 38.0 Å². The number of benzene rings is 1. The Hall–Kier alpha value is -1.39. The van der Waals surface area contributed by atoms with Gasteiger partial charge in [0.2, 0.25) is 5.91 Å². The fourth-order valence-corrected chi connectivity index (χ4v) is 4.60. The minimum atomic E-state index is 0.0761. The lowest BCUT2D eigenvalue weighted by molar-refractivity contribution is -0.118. The van der Waals surface area contributed by atoms with Crippen LogP contribution in [0, 0.1) is 11.8 Å². The lowest BCUT2D eigenvalue weighted by Crippen LogP contribution is -2.41. The molecule has 2 N–H and O–H groups in total. The van der Waals surface area contributed by atoms with E-state index in [4.69, 9.17) is 0 Å². The molecule has 4 nitrogen and oxygen atoms in total. The van der Waals surface area contributed by atoms with Gasteiger partial charge >= 0.3 is 0 Å². The number of nitrogens with zero attached hydrogens (tertiary/aromatic N) is 1. The molecule has 2 saturated heterocycles. The summed E-state index contributed by atoms with van der Waals surface area (Å²) in [6, 6.07) is 8.21. The molecular weight excluding hydrogens is 286 g/mol. The van der Waals surface area contributed by atoms with Crippen molar-refractivity contribution in [2.24, 2.45) is 11.8 Å². The molecule has 4 heteroatoms. The number of hydrogen-bond acceptors (Lipinski definition) is 3. The SMILES string of the molecule is O=C1Nc2ccccc2C1C1CCN(CC2CCNCC2)CC1. The van der Waals surface area contributed by atoms with E-state index in [2.05, 4.69) is 27.7 Å². The smallest absolute Gasteiger partial charge is 0.232 e. The summed E-state index contributed by atoms with van der Waals surface area (Å²) in [4.78, 5) is 15.0. The highest BCUT2D eigenvalue weighted by Crippen LogP contribution is 2.41. The van der Waals surface area contributed by atoms with Gasteiger partial charge in [0, 0.05) is 12.2 Å². The second-order valence-electron chi connectivity index (χ2n) is 7.39. The fraction of sp³-hybridized carbons (Fsp3) is 0.632. The zero-order valence-corrected chi connectivity index (χ0v) is 13.8. The summed E-state index contributed by atoms with van der Waals surface area (Å²) in [7, 11) is 0. The molecule has 23 heavy (non-hydrogen) atoms. The van der Waals surface area contributed by atoms with Crippen LogP contribution in [-0.4, -0.2) is 43.5 Å². The molecule has 2 fully saturated rings. The molecular formula is C19H27N3O. The molecule has 0 saturated carbocycles. The number of hydrogen-bond donors (Lipinski definition) is 2. The van der Waals surface area contributed by atoms with Crippen LogP contribution in [0.4, 0.5) is 5.69 Å². The van der Waals surface area contributed by atoms with E-state index in [9.17, 15) is 4.79 Å². The quantitative estimate of drug-likeness (QED) is 0.901. The molecule has 0 radical (unpaired) electrons. The zero-order chi connectivity index (χ0) is 15.6. The molecule has 1 amide bonds. The molecule has 0 spiro atoms. The van der Waals surface area contributed by atoms with Crippen LogP contribution in [-0.2, 0) is 4.79 Å². The summed E-state index contributed by atoms with van der Waals surface area (Å²) in [6.07, 6.45) is 4.94. The molecule has 1 aromatic carbocycles. The standard InChI is InChI=1S/C19H27N3O/c23-19-18(16-3-1-2-4-17(16)21-19)15-7-11-22(12-8-15)13-14-5-9-20-10-6-14/h1-4,14-15,18,20H,5-13H2,(H,21,23). The first kappa shape index (κ1) is 15.2. The Morgan fingerprint density at radius 3 is 2.57 bits per heavy atom. The van der Waals surface area contributed by atoms with Gasteiger partial charge in [-0.05, 0) is 75.3 Å². The van der Waals surface area contributed by atoms with Crippen molar-refractivity contribution < 1.29 is 4.79 Å². The van der Waals surface area contributed by atoms with E-state index in [1.165, 1.54) is 38.0 Å². The Morgan fingerprint density at radius 2 is 1.78 bits per heavy atom. The van der Waals surface area contributed by atoms with Gasteiger partial charge in [-0.15, -0.1) is 0 Å². The number of anilines is 1. The molecule has 3 aliphatic rings. The van der Waals surface area contributed by atoms with E-state index in [0.717, 1.165) is 37.5 Å². The maximum Gasteiger partial charge on any atom is 0.232 e. The zero-order valence-electron chi connectivity index (χ0n) is 13.8. The molecule has 1 atom stereocenters. The lowest BCUT2D eigenvalue weighted by atomic mass is 9.80. The first-order valence-corrected chi connectivity index (χ1v) is 9.14. The average Bonchev–Trinajstić information content (AvgIpc) is 2.92. The van der Waals surface area contributed by atoms with Gasteiger partial charge in [0.15, 0.2) is 0 Å². The van der Waals surface area contributed by atoms with E-state index >= 15 is 0 Å². The van der Waals surface area contributed by atoms with Crippen LogP contribution in [0.15, 0.2) is 24.3 Å². The van der Waals surface area contributed by atoms with Crippen molar-refractivity contribution in [2.45, 2.75) is 31.6 Å². The molecule has 4 rings (SSSR count). The largest absolute Gasteiger partial charge is 0.325 e. The monoisotopic (exact) mass is 313 g/mol. The van der Waals surface area contributed by atoms with Gasteiger partial charge in [-0.2, -0.15) is 0 Å². The average molecular weight is 313 g/mol. The van der Waals surface area contributed by atoms with Gasteiger partial charge in [0.25, 0.3) is 0 Å². The Bertz CT molecular complexity index is 559. The van der Waals surface area contributed by atoms with Crippen LogP contribution < -0.4 is 10.6 Å². The predicted molar refractivity (Wildman–Crippen MR) is 92.6 cm³/mol. The number of carbonyl (C=O) groups is 1. The predicted octanol–water partition coefficient (Wildman–Crippen LogP) is 2.43. The van der Waals surface area contributed by atoms with Crippen LogP contribution in [0.3, 0.4) is 0 Å². The molecule has 3 heterocycles. The third-order valence-electron chi connectivity index (χ3n) is 5.91. The van der Waals surface area contributed by atoms with Crippen LogP contribution >= 0.6 is 0 Å². The molecule has 0 aromatic heterocycles. The van der Waals surface area contributed by atoms with Crippen LogP contribution in [0.5, 0.6) is 0 Å². The van der Waals surface area contributed by atoms with Gasteiger partial charge in [-0.3, -0.25) is 4.79 Å². The first-order chi connectivity index (χ1) is 11.3. The van der Waals surface area contributed by atoms with Gasteiger partial charge in [0.05, 0.1) is 5.92 Å². The Kier molecular flexibility index (Phi) is 4.36. The summed E-state index contributed by atoms with van der Waals surface area (Å²) in [6.45, 7) is 5.92. The van der Waals surface area contributed by atoms with Crippen molar-refractivity contribution in [1.29, 1.82) is 0 Å². The number of fused-ring (bicyclic) bond motifs is 1. The molecule has 0 aliphatic carbocycles. The summed E-state index contributed by atoms with van der Waals surface area (Å²) in [5, 5.41) is 6.51. The van der Waals surface area contributed by atoms with E-state index in [1.807, 2.05) is 12.1 Å².